The van der Waals surface area contributed by atoms with E-state index in [0.717, 1.165) is 5.56 Å². The second kappa shape index (κ2) is 8.06. The Balaban J connectivity index is 1.94. The second-order valence-corrected chi connectivity index (χ2v) is 5.62. The first-order chi connectivity index (χ1) is 10.6. The van der Waals surface area contributed by atoms with Gasteiger partial charge in [0.2, 0.25) is 0 Å². The van der Waals surface area contributed by atoms with Crippen LogP contribution < -0.4 is 10.1 Å². The Kier molecular flexibility index (Phi) is 6.10. The Labute approximate surface area is 140 Å². The van der Waals surface area contributed by atoms with Gasteiger partial charge in [0.25, 0.3) is 5.91 Å². The van der Waals surface area contributed by atoms with E-state index >= 15 is 0 Å². The quantitative estimate of drug-likeness (QED) is 0.844. The summed E-state index contributed by atoms with van der Waals surface area (Å²) in [4.78, 5) is 12.2. The van der Waals surface area contributed by atoms with Crippen molar-refractivity contribution < 1.29 is 9.53 Å². The number of carbonyl (C=O) groups excluding carboxylic acids is 1. The van der Waals surface area contributed by atoms with Crippen molar-refractivity contribution in [2.75, 3.05) is 0 Å². The average molecular weight is 338 g/mol. The van der Waals surface area contributed by atoms with Gasteiger partial charge in [-0.05, 0) is 42.3 Å². The van der Waals surface area contributed by atoms with E-state index in [0.29, 0.717) is 28.8 Å². The topological polar surface area (TPSA) is 38.3 Å². The summed E-state index contributed by atoms with van der Waals surface area (Å²) in [7, 11) is 0. The molecule has 22 heavy (non-hydrogen) atoms. The van der Waals surface area contributed by atoms with Crippen LogP contribution in [0.15, 0.2) is 48.5 Å². The highest BCUT2D eigenvalue weighted by atomic mass is 35.5. The number of halogens is 2. The van der Waals surface area contributed by atoms with Crippen molar-refractivity contribution in [3.05, 3.63) is 64.1 Å². The number of benzene rings is 2. The molecule has 0 aliphatic carbocycles. The summed E-state index contributed by atoms with van der Waals surface area (Å²) in [6, 6.07) is 14.4. The minimum Gasteiger partial charge on any atom is -0.481 e. The fourth-order valence-corrected chi connectivity index (χ4v) is 2.27. The van der Waals surface area contributed by atoms with Crippen LogP contribution in [0.4, 0.5) is 0 Å². The van der Waals surface area contributed by atoms with Gasteiger partial charge in [-0.1, -0.05) is 48.3 Å². The van der Waals surface area contributed by atoms with Crippen LogP contribution in [0.3, 0.4) is 0 Å². The van der Waals surface area contributed by atoms with Crippen molar-refractivity contribution in [2.24, 2.45) is 0 Å². The van der Waals surface area contributed by atoms with Gasteiger partial charge in [0, 0.05) is 16.6 Å². The van der Waals surface area contributed by atoms with Crippen molar-refractivity contribution in [2.45, 2.75) is 26.0 Å². The van der Waals surface area contributed by atoms with Crippen molar-refractivity contribution in [1.29, 1.82) is 0 Å². The number of amides is 1. The smallest absolute Gasteiger partial charge is 0.261 e. The number of rotatable bonds is 6. The molecule has 0 spiro atoms. The van der Waals surface area contributed by atoms with Crippen molar-refractivity contribution in [3.8, 4) is 5.75 Å². The summed E-state index contributed by atoms with van der Waals surface area (Å²) in [6.07, 6.45) is 0.0143. The molecule has 1 N–H and O–H groups in total. The normalized spacial score (nSPS) is 11.8. The molecule has 0 saturated heterocycles. The first-order valence-corrected chi connectivity index (χ1v) is 7.79. The molecule has 116 valence electrons. The van der Waals surface area contributed by atoms with Crippen LogP contribution >= 0.6 is 23.2 Å². The molecule has 0 aromatic heterocycles. The Morgan fingerprint density at radius 2 is 1.82 bits per heavy atom. The van der Waals surface area contributed by atoms with E-state index in [9.17, 15) is 4.79 Å². The SMILES string of the molecule is CC[C@@H](Oc1ccc(Cl)cc1)C(=O)NCc1ccccc1Cl. The van der Waals surface area contributed by atoms with E-state index in [1.165, 1.54) is 0 Å². The summed E-state index contributed by atoms with van der Waals surface area (Å²) in [5, 5.41) is 4.11. The van der Waals surface area contributed by atoms with Gasteiger partial charge in [-0.3, -0.25) is 4.79 Å². The molecule has 0 aliphatic heterocycles. The molecule has 3 nitrogen and oxygen atoms in total. The molecule has 0 heterocycles. The van der Waals surface area contributed by atoms with Crippen LogP contribution in [0.1, 0.15) is 18.9 Å². The van der Waals surface area contributed by atoms with Crippen LogP contribution in [-0.2, 0) is 11.3 Å². The molecule has 0 radical (unpaired) electrons. The fraction of sp³-hybridized carbons (Fsp3) is 0.235. The van der Waals surface area contributed by atoms with Crippen LogP contribution in [-0.4, -0.2) is 12.0 Å². The summed E-state index contributed by atoms with van der Waals surface area (Å²) < 4.78 is 5.70. The standard InChI is InChI=1S/C17H17Cl2NO2/c1-2-16(22-14-9-7-13(18)8-10-14)17(21)20-11-12-5-3-4-6-15(12)19/h3-10,16H,2,11H2,1H3,(H,20,21)/t16-/m1/s1. The third kappa shape index (κ3) is 4.65. The Bertz CT molecular complexity index is 629. The summed E-state index contributed by atoms with van der Waals surface area (Å²) in [5.74, 6) is 0.446. The van der Waals surface area contributed by atoms with E-state index in [1.54, 1.807) is 30.3 Å². The van der Waals surface area contributed by atoms with Gasteiger partial charge < -0.3 is 10.1 Å². The van der Waals surface area contributed by atoms with E-state index in [-0.39, 0.29) is 5.91 Å². The maximum absolute atomic E-state index is 12.2. The van der Waals surface area contributed by atoms with E-state index in [4.69, 9.17) is 27.9 Å². The molecule has 2 aromatic carbocycles. The van der Waals surface area contributed by atoms with Gasteiger partial charge >= 0.3 is 0 Å². The molecule has 5 heteroatoms. The highest BCUT2D eigenvalue weighted by Gasteiger charge is 2.18. The summed E-state index contributed by atoms with van der Waals surface area (Å²) in [6.45, 7) is 2.27. The predicted octanol–water partition coefficient (Wildman–Crippen LogP) is 4.47. The molecule has 0 bridgehead atoms. The molecular weight excluding hydrogens is 321 g/mol. The number of nitrogens with one attached hydrogen (secondary N) is 1. The largest absolute Gasteiger partial charge is 0.481 e. The van der Waals surface area contributed by atoms with Crippen LogP contribution in [0, 0.1) is 0 Å². The number of ether oxygens (including phenoxy) is 1. The average Bonchev–Trinajstić information content (AvgIpc) is 2.53. The first-order valence-electron chi connectivity index (χ1n) is 7.03. The monoisotopic (exact) mass is 337 g/mol. The Hall–Kier alpha value is -1.71. The Morgan fingerprint density at radius 1 is 1.14 bits per heavy atom. The summed E-state index contributed by atoms with van der Waals surface area (Å²) in [5.41, 5.74) is 0.874. The third-order valence-corrected chi connectivity index (χ3v) is 3.79. The molecule has 0 unspecified atom stereocenters. The highest BCUT2D eigenvalue weighted by molar-refractivity contribution is 6.31. The minimum atomic E-state index is -0.552. The van der Waals surface area contributed by atoms with Crippen LogP contribution in [0.5, 0.6) is 5.75 Å². The van der Waals surface area contributed by atoms with Gasteiger partial charge in [-0.2, -0.15) is 0 Å². The zero-order chi connectivity index (χ0) is 15.9. The van der Waals surface area contributed by atoms with E-state index < -0.39 is 6.10 Å². The van der Waals surface area contributed by atoms with Crippen LogP contribution in [0.2, 0.25) is 10.0 Å². The molecule has 1 amide bonds. The van der Waals surface area contributed by atoms with Gasteiger partial charge in [-0.25, -0.2) is 0 Å². The maximum atomic E-state index is 12.2. The lowest BCUT2D eigenvalue weighted by Crippen LogP contribution is -2.37. The molecule has 2 rings (SSSR count). The van der Waals surface area contributed by atoms with Gasteiger partial charge in [0.05, 0.1) is 0 Å². The minimum absolute atomic E-state index is 0.169. The zero-order valence-electron chi connectivity index (χ0n) is 12.2. The number of hydrogen-bond donors (Lipinski definition) is 1. The molecule has 2 aromatic rings. The van der Waals surface area contributed by atoms with E-state index in [1.807, 2.05) is 25.1 Å². The van der Waals surface area contributed by atoms with Crippen molar-refractivity contribution >= 4 is 29.1 Å². The second-order valence-electron chi connectivity index (χ2n) is 4.78. The lowest BCUT2D eigenvalue weighted by Gasteiger charge is -2.17. The molecule has 1 atom stereocenters. The third-order valence-electron chi connectivity index (χ3n) is 3.17. The van der Waals surface area contributed by atoms with Crippen molar-refractivity contribution in [1.82, 2.24) is 5.32 Å². The molecule has 0 saturated carbocycles. The number of carbonyl (C=O) groups is 1. The fourth-order valence-electron chi connectivity index (χ4n) is 1.94. The Morgan fingerprint density at radius 3 is 2.45 bits per heavy atom. The summed E-state index contributed by atoms with van der Waals surface area (Å²) >= 11 is 11.9. The van der Waals surface area contributed by atoms with Gasteiger partial charge in [-0.15, -0.1) is 0 Å². The lowest BCUT2D eigenvalue weighted by atomic mass is 10.2. The van der Waals surface area contributed by atoms with E-state index in [2.05, 4.69) is 5.32 Å². The molecule has 0 aliphatic rings. The van der Waals surface area contributed by atoms with Gasteiger partial charge in [0.15, 0.2) is 6.10 Å². The molecule has 0 fully saturated rings. The highest BCUT2D eigenvalue weighted by Crippen LogP contribution is 2.18. The first kappa shape index (κ1) is 16.7. The molecular formula is C17H17Cl2NO2. The zero-order valence-corrected chi connectivity index (χ0v) is 13.7. The number of hydrogen-bond acceptors (Lipinski definition) is 2. The van der Waals surface area contributed by atoms with Crippen LogP contribution in [0.25, 0.3) is 0 Å². The maximum Gasteiger partial charge on any atom is 0.261 e. The van der Waals surface area contributed by atoms with Gasteiger partial charge in [0.1, 0.15) is 5.75 Å². The lowest BCUT2D eigenvalue weighted by molar-refractivity contribution is -0.128. The predicted molar refractivity (Wildman–Crippen MR) is 89.5 cm³/mol. The van der Waals surface area contributed by atoms with Crippen molar-refractivity contribution in [3.63, 3.8) is 0 Å².